The molecule has 0 aliphatic heterocycles. The zero-order chi connectivity index (χ0) is 18.8. The molecule has 0 amide bonds. The summed E-state index contributed by atoms with van der Waals surface area (Å²) >= 11 is 1.75. The molecular weight excluding hydrogens is 342 g/mol. The molecule has 2 aromatic rings. The van der Waals surface area contributed by atoms with Crippen molar-refractivity contribution in [1.29, 1.82) is 0 Å². The van der Waals surface area contributed by atoms with Gasteiger partial charge in [-0.05, 0) is 31.1 Å². The molecule has 0 bridgehead atoms. The van der Waals surface area contributed by atoms with Gasteiger partial charge in [-0.2, -0.15) is 0 Å². The highest BCUT2D eigenvalue weighted by Gasteiger charge is 2.04. The van der Waals surface area contributed by atoms with Gasteiger partial charge in [0.05, 0.1) is 5.01 Å². The van der Waals surface area contributed by atoms with Crippen LogP contribution in [0.3, 0.4) is 0 Å². The highest BCUT2D eigenvalue weighted by atomic mass is 32.1. The van der Waals surface area contributed by atoms with Gasteiger partial charge < -0.3 is 10.6 Å². The van der Waals surface area contributed by atoms with Crippen molar-refractivity contribution in [2.45, 2.75) is 40.3 Å². The molecule has 1 aromatic heterocycles. The van der Waals surface area contributed by atoms with Crippen LogP contribution in [0, 0.1) is 6.92 Å². The fraction of sp³-hybridized carbons (Fsp3) is 0.500. The molecule has 0 aliphatic carbocycles. The van der Waals surface area contributed by atoms with Crippen LogP contribution in [0.1, 0.15) is 34.9 Å². The van der Waals surface area contributed by atoms with Gasteiger partial charge in [-0.25, -0.2) is 4.98 Å². The van der Waals surface area contributed by atoms with Crippen molar-refractivity contribution in [3.05, 3.63) is 51.5 Å². The maximum atomic E-state index is 4.39. The minimum atomic E-state index is 0.766. The first-order valence-electron chi connectivity index (χ1n) is 9.30. The Labute approximate surface area is 161 Å². The van der Waals surface area contributed by atoms with E-state index in [4.69, 9.17) is 0 Å². The topological polar surface area (TPSA) is 52.5 Å². The van der Waals surface area contributed by atoms with E-state index in [2.05, 4.69) is 70.5 Å². The molecule has 0 spiro atoms. The summed E-state index contributed by atoms with van der Waals surface area (Å²) < 4.78 is 0. The number of nitrogens with zero attached hydrogens (tertiary/aromatic N) is 3. The van der Waals surface area contributed by atoms with E-state index in [-0.39, 0.29) is 0 Å². The Morgan fingerprint density at radius 1 is 1.19 bits per heavy atom. The van der Waals surface area contributed by atoms with E-state index in [0.717, 1.165) is 50.1 Å². The lowest BCUT2D eigenvalue weighted by atomic mass is 10.1. The second kappa shape index (κ2) is 10.9. The zero-order valence-electron chi connectivity index (χ0n) is 16.4. The maximum Gasteiger partial charge on any atom is 0.191 e. The van der Waals surface area contributed by atoms with Crippen LogP contribution >= 0.6 is 11.3 Å². The van der Waals surface area contributed by atoms with Crippen LogP contribution < -0.4 is 10.6 Å². The van der Waals surface area contributed by atoms with Crippen molar-refractivity contribution < 1.29 is 0 Å². The largest absolute Gasteiger partial charge is 0.356 e. The number of guanidine groups is 1. The summed E-state index contributed by atoms with van der Waals surface area (Å²) in [6, 6.07) is 8.77. The number of aliphatic imine (C=N–C) groups is 1. The van der Waals surface area contributed by atoms with Crippen molar-refractivity contribution in [2.24, 2.45) is 4.99 Å². The van der Waals surface area contributed by atoms with Crippen LogP contribution in [0.2, 0.25) is 0 Å². The predicted octanol–water partition coefficient (Wildman–Crippen LogP) is 3.20. The van der Waals surface area contributed by atoms with Crippen LogP contribution in [0.25, 0.3) is 0 Å². The summed E-state index contributed by atoms with van der Waals surface area (Å²) in [5, 5.41) is 7.92. The standard InChI is InChI=1S/C20H31N5S/c1-5-25(6-2)15-18-9-7-8-17(12-18)14-24-20(21-4)22-11-10-19-23-13-16(3)26-19/h7-9,12-13H,5-6,10-11,14-15H2,1-4H3,(H2,21,22,24). The molecule has 0 aliphatic rings. The summed E-state index contributed by atoms with van der Waals surface area (Å²) in [6.45, 7) is 11.2. The Hall–Kier alpha value is -1.92. The molecule has 26 heavy (non-hydrogen) atoms. The van der Waals surface area contributed by atoms with E-state index in [1.165, 1.54) is 16.0 Å². The molecule has 0 atom stereocenters. The Bertz CT molecular complexity index is 691. The first kappa shape index (κ1) is 20.4. The van der Waals surface area contributed by atoms with Gasteiger partial charge in [0, 0.05) is 44.2 Å². The molecule has 2 N–H and O–H groups in total. The van der Waals surface area contributed by atoms with Crippen LogP contribution in [-0.4, -0.2) is 42.5 Å². The number of aryl methyl sites for hydroxylation is 1. The lowest BCUT2D eigenvalue weighted by molar-refractivity contribution is 0.296. The molecule has 1 heterocycles. The molecule has 0 fully saturated rings. The highest BCUT2D eigenvalue weighted by Crippen LogP contribution is 2.11. The minimum absolute atomic E-state index is 0.766. The Kier molecular flexibility index (Phi) is 8.58. The molecular formula is C20H31N5S. The zero-order valence-corrected chi connectivity index (χ0v) is 17.2. The van der Waals surface area contributed by atoms with Gasteiger partial charge in [-0.1, -0.05) is 38.1 Å². The molecule has 5 nitrogen and oxygen atoms in total. The van der Waals surface area contributed by atoms with Crippen molar-refractivity contribution in [3.8, 4) is 0 Å². The van der Waals surface area contributed by atoms with Crippen molar-refractivity contribution in [1.82, 2.24) is 20.5 Å². The second-order valence-electron chi connectivity index (χ2n) is 6.25. The third-order valence-electron chi connectivity index (χ3n) is 4.28. The van der Waals surface area contributed by atoms with Crippen molar-refractivity contribution in [3.63, 3.8) is 0 Å². The van der Waals surface area contributed by atoms with E-state index in [9.17, 15) is 0 Å². The number of rotatable bonds is 9. The lowest BCUT2D eigenvalue weighted by Crippen LogP contribution is -2.37. The quantitative estimate of drug-likeness (QED) is 0.523. The summed E-state index contributed by atoms with van der Waals surface area (Å²) in [4.78, 5) is 12.4. The monoisotopic (exact) mass is 373 g/mol. The normalized spacial score (nSPS) is 11.8. The smallest absolute Gasteiger partial charge is 0.191 e. The van der Waals surface area contributed by atoms with E-state index < -0.39 is 0 Å². The number of nitrogens with one attached hydrogen (secondary N) is 2. The first-order chi connectivity index (χ1) is 12.6. The summed E-state index contributed by atoms with van der Waals surface area (Å²) in [7, 11) is 1.81. The number of hydrogen-bond acceptors (Lipinski definition) is 4. The van der Waals surface area contributed by atoms with Crippen molar-refractivity contribution in [2.75, 3.05) is 26.7 Å². The number of hydrogen-bond donors (Lipinski definition) is 2. The molecule has 2 rings (SSSR count). The second-order valence-corrected chi connectivity index (χ2v) is 7.57. The van der Waals surface area contributed by atoms with Gasteiger partial charge in [-0.3, -0.25) is 9.89 Å². The van der Waals surface area contributed by atoms with E-state index in [0.29, 0.717) is 0 Å². The third kappa shape index (κ3) is 6.77. The SMILES string of the molecule is CCN(CC)Cc1cccc(CNC(=NC)NCCc2ncc(C)s2)c1. The van der Waals surface area contributed by atoms with Gasteiger partial charge in [0.15, 0.2) is 5.96 Å². The van der Waals surface area contributed by atoms with E-state index >= 15 is 0 Å². The Morgan fingerprint density at radius 2 is 1.96 bits per heavy atom. The number of thiazole rings is 1. The van der Waals surface area contributed by atoms with E-state index in [1.807, 2.05) is 6.20 Å². The molecule has 0 radical (unpaired) electrons. The van der Waals surface area contributed by atoms with Gasteiger partial charge in [0.2, 0.25) is 0 Å². The third-order valence-corrected chi connectivity index (χ3v) is 5.25. The summed E-state index contributed by atoms with van der Waals surface area (Å²) in [5.74, 6) is 0.826. The predicted molar refractivity (Wildman–Crippen MR) is 112 cm³/mol. The highest BCUT2D eigenvalue weighted by molar-refractivity contribution is 7.11. The molecule has 6 heteroatoms. The van der Waals surface area contributed by atoms with Gasteiger partial charge in [0.1, 0.15) is 0 Å². The van der Waals surface area contributed by atoms with Crippen LogP contribution in [-0.2, 0) is 19.5 Å². The maximum absolute atomic E-state index is 4.39. The summed E-state index contributed by atoms with van der Waals surface area (Å²) in [5.41, 5.74) is 2.63. The lowest BCUT2D eigenvalue weighted by Gasteiger charge is -2.18. The number of aromatic nitrogens is 1. The van der Waals surface area contributed by atoms with Gasteiger partial charge in [-0.15, -0.1) is 11.3 Å². The molecule has 1 aromatic carbocycles. The average molecular weight is 374 g/mol. The minimum Gasteiger partial charge on any atom is -0.356 e. The number of benzene rings is 1. The average Bonchev–Trinajstić information content (AvgIpc) is 3.08. The van der Waals surface area contributed by atoms with Crippen LogP contribution in [0.15, 0.2) is 35.5 Å². The fourth-order valence-electron chi connectivity index (χ4n) is 2.75. The summed E-state index contributed by atoms with van der Waals surface area (Å²) in [6.07, 6.45) is 2.84. The molecule has 0 unspecified atom stereocenters. The molecule has 0 saturated heterocycles. The van der Waals surface area contributed by atoms with Gasteiger partial charge >= 0.3 is 0 Å². The molecule has 0 saturated carbocycles. The van der Waals surface area contributed by atoms with E-state index in [1.54, 1.807) is 18.4 Å². The fourth-order valence-corrected chi connectivity index (χ4v) is 3.54. The van der Waals surface area contributed by atoms with Gasteiger partial charge in [0.25, 0.3) is 0 Å². The first-order valence-corrected chi connectivity index (χ1v) is 10.1. The van der Waals surface area contributed by atoms with Crippen molar-refractivity contribution >= 4 is 17.3 Å². The van der Waals surface area contributed by atoms with Crippen LogP contribution in [0.5, 0.6) is 0 Å². The van der Waals surface area contributed by atoms with Crippen LogP contribution in [0.4, 0.5) is 0 Å². The Balaban J connectivity index is 1.80. The Morgan fingerprint density at radius 3 is 2.62 bits per heavy atom. The molecule has 142 valence electrons.